The van der Waals surface area contributed by atoms with Gasteiger partial charge in [0.15, 0.2) is 6.10 Å². The molecule has 0 aromatic carbocycles. The van der Waals surface area contributed by atoms with Crippen LogP contribution in [0.3, 0.4) is 0 Å². The Kier molecular flexibility index (Phi) is 13.1. The summed E-state index contributed by atoms with van der Waals surface area (Å²) in [7, 11) is 0. The number of esters is 2. The predicted molar refractivity (Wildman–Crippen MR) is 114 cm³/mol. The van der Waals surface area contributed by atoms with E-state index >= 15 is 0 Å². The topological polar surface area (TPSA) is 70.4 Å². The van der Waals surface area contributed by atoms with Crippen molar-refractivity contribution in [3.8, 4) is 0 Å². The molecule has 0 aliphatic carbocycles. The first kappa shape index (κ1) is 25.2. The minimum absolute atomic E-state index is 0.0453. The summed E-state index contributed by atoms with van der Waals surface area (Å²) < 4.78 is 12.8. The number of ether oxygens (including phenoxy) is 2. The van der Waals surface area contributed by atoms with E-state index in [0.717, 1.165) is 51.4 Å². The van der Waals surface area contributed by atoms with E-state index in [4.69, 9.17) is 9.47 Å². The smallest absolute Gasteiger partial charge is 0.347 e. The van der Waals surface area contributed by atoms with Gasteiger partial charge in [-0.15, -0.1) is 0 Å². The quantitative estimate of drug-likeness (QED) is 0.353. The maximum absolute atomic E-state index is 12.8. The van der Waals surface area contributed by atoms with Crippen LogP contribution in [0.5, 0.6) is 0 Å². The number of hydrogen-bond donors (Lipinski definition) is 0. The normalized spacial score (nSPS) is 14.2. The highest BCUT2D eigenvalue weighted by Crippen LogP contribution is 2.22. The number of imidazole rings is 1. The molecule has 0 spiro atoms. The molecule has 0 aliphatic rings. The van der Waals surface area contributed by atoms with Crippen LogP contribution in [-0.4, -0.2) is 34.2 Å². The Morgan fingerprint density at radius 2 is 1.66 bits per heavy atom. The fraction of sp³-hybridized carbons (Fsp3) is 0.783. The minimum Gasteiger partial charge on any atom is -0.463 e. The zero-order chi connectivity index (χ0) is 21.5. The molecule has 1 aromatic rings. The van der Waals surface area contributed by atoms with Crippen molar-refractivity contribution < 1.29 is 19.1 Å². The predicted octanol–water partition coefficient (Wildman–Crippen LogP) is 5.16. The molecule has 1 aromatic heterocycles. The molecule has 29 heavy (non-hydrogen) atoms. The van der Waals surface area contributed by atoms with E-state index < -0.39 is 18.0 Å². The van der Waals surface area contributed by atoms with E-state index in [2.05, 4.69) is 32.7 Å². The van der Waals surface area contributed by atoms with Gasteiger partial charge in [-0.05, 0) is 24.7 Å². The second kappa shape index (κ2) is 15.1. The molecule has 0 fully saturated rings. The van der Waals surface area contributed by atoms with Crippen LogP contribution in [0.2, 0.25) is 0 Å². The van der Waals surface area contributed by atoms with Crippen molar-refractivity contribution >= 4 is 11.9 Å². The van der Waals surface area contributed by atoms with Gasteiger partial charge in [-0.1, -0.05) is 72.6 Å². The Labute approximate surface area is 176 Å². The summed E-state index contributed by atoms with van der Waals surface area (Å²) in [6.07, 6.45) is 13.1. The van der Waals surface area contributed by atoms with Crippen molar-refractivity contribution in [3.05, 3.63) is 18.7 Å². The van der Waals surface area contributed by atoms with Crippen LogP contribution in [0.1, 0.15) is 85.5 Å². The fourth-order valence-corrected chi connectivity index (χ4v) is 3.39. The van der Waals surface area contributed by atoms with Crippen molar-refractivity contribution in [2.24, 2.45) is 11.8 Å². The molecule has 0 saturated carbocycles. The third kappa shape index (κ3) is 10.5. The summed E-state index contributed by atoms with van der Waals surface area (Å²) in [5.74, 6) is -0.138. The van der Waals surface area contributed by atoms with Gasteiger partial charge in [-0.25, -0.2) is 9.78 Å². The second-order valence-corrected chi connectivity index (χ2v) is 7.91. The number of unbranched alkanes of at least 4 members (excludes halogenated alkanes) is 2. The molecule has 1 rings (SSSR count). The van der Waals surface area contributed by atoms with Crippen LogP contribution in [0, 0.1) is 11.8 Å². The molecular formula is C23H40N2O4. The van der Waals surface area contributed by atoms with E-state index in [1.807, 2.05) is 0 Å². The summed E-state index contributed by atoms with van der Waals surface area (Å²) >= 11 is 0. The van der Waals surface area contributed by atoms with Crippen LogP contribution in [0.4, 0.5) is 0 Å². The SMILES string of the molecule is CCCCC(CC)COC(=O)C(CC(CC)CCCC)OC(=O)Cn1ccnc1. The lowest BCUT2D eigenvalue weighted by Crippen LogP contribution is -2.33. The average molecular weight is 409 g/mol. The highest BCUT2D eigenvalue weighted by molar-refractivity contribution is 5.79. The summed E-state index contributed by atoms with van der Waals surface area (Å²) in [4.78, 5) is 29.1. The van der Waals surface area contributed by atoms with Gasteiger partial charge in [0.1, 0.15) is 6.54 Å². The molecule has 3 unspecified atom stereocenters. The molecule has 6 heteroatoms. The van der Waals surface area contributed by atoms with Gasteiger partial charge in [-0.2, -0.15) is 0 Å². The second-order valence-electron chi connectivity index (χ2n) is 7.91. The molecular weight excluding hydrogens is 368 g/mol. The van der Waals surface area contributed by atoms with Crippen molar-refractivity contribution in [1.29, 1.82) is 0 Å². The molecule has 0 N–H and O–H groups in total. The van der Waals surface area contributed by atoms with Gasteiger partial charge in [0.2, 0.25) is 0 Å². The number of rotatable bonds is 16. The highest BCUT2D eigenvalue weighted by Gasteiger charge is 2.28. The first-order valence-electron chi connectivity index (χ1n) is 11.4. The van der Waals surface area contributed by atoms with E-state index in [1.165, 1.54) is 0 Å². The highest BCUT2D eigenvalue weighted by atomic mass is 16.6. The summed E-state index contributed by atoms with van der Waals surface area (Å²) in [5, 5.41) is 0. The first-order chi connectivity index (χ1) is 14.0. The molecule has 166 valence electrons. The largest absolute Gasteiger partial charge is 0.463 e. The summed E-state index contributed by atoms with van der Waals surface area (Å²) in [6.45, 7) is 9.00. The fourth-order valence-electron chi connectivity index (χ4n) is 3.39. The van der Waals surface area contributed by atoms with Gasteiger partial charge in [-0.3, -0.25) is 4.79 Å². The zero-order valence-electron chi connectivity index (χ0n) is 18.8. The van der Waals surface area contributed by atoms with Crippen molar-refractivity contribution in [2.45, 2.75) is 98.1 Å². The Morgan fingerprint density at radius 3 is 2.21 bits per heavy atom. The Hall–Kier alpha value is -1.85. The standard InChI is InChI=1S/C23H40N2O4/c1-5-9-11-19(7-3)15-21(29-22(26)16-25-14-13-24-18-25)23(27)28-17-20(8-4)12-10-6-2/h13-14,18-21H,5-12,15-17H2,1-4H3. The minimum atomic E-state index is -0.837. The number of carbonyl (C=O) groups is 2. The van der Waals surface area contributed by atoms with Crippen molar-refractivity contribution in [3.63, 3.8) is 0 Å². The molecule has 0 radical (unpaired) electrons. The van der Waals surface area contributed by atoms with E-state index in [0.29, 0.717) is 24.9 Å². The molecule has 0 bridgehead atoms. The van der Waals surface area contributed by atoms with Crippen LogP contribution in [0.25, 0.3) is 0 Å². The average Bonchev–Trinajstić information content (AvgIpc) is 3.23. The van der Waals surface area contributed by atoms with Crippen molar-refractivity contribution in [2.75, 3.05) is 6.61 Å². The summed E-state index contributed by atoms with van der Waals surface area (Å²) in [5.41, 5.74) is 0. The Bertz CT molecular complexity index is 559. The van der Waals surface area contributed by atoms with Crippen LogP contribution < -0.4 is 0 Å². The molecule has 6 nitrogen and oxygen atoms in total. The van der Waals surface area contributed by atoms with E-state index in [9.17, 15) is 9.59 Å². The van der Waals surface area contributed by atoms with Gasteiger partial charge in [0, 0.05) is 12.4 Å². The maximum atomic E-state index is 12.8. The number of aromatic nitrogens is 2. The lowest BCUT2D eigenvalue weighted by Gasteiger charge is -2.23. The lowest BCUT2D eigenvalue weighted by molar-refractivity contribution is -0.170. The van der Waals surface area contributed by atoms with Gasteiger partial charge >= 0.3 is 11.9 Å². The first-order valence-corrected chi connectivity index (χ1v) is 11.4. The molecule has 1 heterocycles. The number of carbonyl (C=O) groups excluding carboxylic acids is 2. The van der Waals surface area contributed by atoms with Gasteiger partial charge in [0.05, 0.1) is 12.9 Å². The lowest BCUT2D eigenvalue weighted by atomic mass is 9.93. The van der Waals surface area contributed by atoms with Crippen LogP contribution in [-0.2, 0) is 25.6 Å². The molecule has 0 saturated heterocycles. The third-order valence-corrected chi connectivity index (χ3v) is 5.50. The summed E-state index contributed by atoms with van der Waals surface area (Å²) in [6, 6.07) is 0. The Balaban J connectivity index is 2.70. The number of nitrogens with zero attached hydrogens (tertiary/aromatic N) is 2. The van der Waals surface area contributed by atoms with Crippen LogP contribution in [0.15, 0.2) is 18.7 Å². The number of hydrogen-bond acceptors (Lipinski definition) is 5. The van der Waals surface area contributed by atoms with Crippen LogP contribution >= 0.6 is 0 Å². The molecule has 0 aliphatic heterocycles. The van der Waals surface area contributed by atoms with Gasteiger partial charge < -0.3 is 14.0 Å². The Morgan fingerprint density at radius 1 is 1.00 bits per heavy atom. The zero-order valence-corrected chi connectivity index (χ0v) is 18.8. The maximum Gasteiger partial charge on any atom is 0.347 e. The monoisotopic (exact) mass is 408 g/mol. The van der Waals surface area contributed by atoms with E-state index in [1.54, 1.807) is 23.3 Å². The van der Waals surface area contributed by atoms with E-state index in [-0.39, 0.29) is 6.54 Å². The third-order valence-electron chi connectivity index (χ3n) is 5.50. The molecule has 3 atom stereocenters. The van der Waals surface area contributed by atoms with Gasteiger partial charge in [0.25, 0.3) is 0 Å². The molecule has 0 amide bonds. The van der Waals surface area contributed by atoms with Crippen molar-refractivity contribution in [1.82, 2.24) is 9.55 Å².